The first-order valence-electron chi connectivity index (χ1n) is 6.76. The first kappa shape index (κ1) is 16.0. The number of fused-ring (bicyclic) bond motifs is 1. The standard InChI is InChI=1S/C15H21NO4S/c1-19-12-4-5-13(20-2)11-8-15(16,7-6-10(11)12)14(17)9-21(3)18/h4-5H,6-9,16H2,1-3H3/t15-,21-/m1/s1. The molecular formula is C15H21NO4S. The maximum absolute atomic E-state index is 12.3. The summed E-state index contributed by atoms with van der Waals surface area (Å²) in [6.45, 7) is 0. The van der Waals surface area contributed by atoms with Gasteiger partial charge < -0.3 is 15.2 Å². The van der Waals surface area contributed by atoms with Crippen LogP contribution in [0.15, 0.2) is 12.1 Å². The minimum absolute atomic E-state index is 0.00187. The molecule has 1 aliphatic rings. The number of methoxy groups -OCH3 is 2. The van der Waals surface area contributed by atoms with Crippen molar-refractivity contribution < 1.29 is 18.5 Å². The van der Waals surface area contributed by atoms with E-state index < -0.39 is 16.3 Å². The highest BCUT2D eigenvalue weighted by Crippen LogP contribution is 2.38. The maximum atomic E-state index is 12.3. The van der Waals surface area contributed by atoms with Crippen LogP contribution in [0.1, 0.15) is 17.5 Å². The molecule has 1 aliphatic carbocycles. The smallest absolute Gasteiger partial charge is 0.165 e. The van der Waals surface area contributed by atoms with E-state index in [2.05, 4.69) is 0 Å². The molecule has 0 amide bonds. The van der Waals surface area contributed by atoms with Crippen LogP contribution >= 0.6 is 0 Å². The summed E-state index contributed by atoms with van der Waals surface area (Å²) in [4.78, 5) is 12.3. The Balaban J connectivity index is 2.38. The van der Waals surface area contributed by atoms with E-state index in [4.69, 9.17) is 15.2 Å². The van der Waals surface area contributed by atoms with Crippen molar-refractivity contribution in [3.63, 3.8) is 0 Å². The van der Waals surface area contributed by atoms with Crippen molar-refractivity contribution >= 4 is 16.6 Å². The number of carbonyl (C=O) groups is 1. The first-order chi connectivity index (χ1) is 9.91. The normalized spacial score (nSPS) is 22.3. The Morgan fingerprint density at radius 2 is 1.86 bits per heavy atom. The van der Waals surface area contributed by atoms with Gasteiger partial charge in [-0.05, 0) is 25.0 Å². The minimum Gasteiger partial charge on any atom is -0.496 e. The van der Waals surface area contributed by atoms with Gasteiger partial charge >= 0.3 is 0 Å². The van der Waals surface area contributed by atoms with Gasteiger partial charge in [0.05, 0.1) is 25.5 Å². The molecule has 21 heavy (non-hydrogen) atoms. The molecule has 0 heterocycles. The number of hydrogen-bond donors (Lipinski definition) is 1. The van der Waals surface area contributed by atoms with Crippen molar-refractivity contribution in [1.82, 2.24) is 0 Å². The molecular weight excluding hydrogens is 290 g/mol. The van der Waals surface area contributed by atoms with Gasteiger partial charge in [0, 0.05) is 34.6 Å². The van der Waals surface area contributed by atoms with Crippen LogP contribution in [0.2, 0.25) is 0 Å². The van der Waals surface area contributed by atoms with Gasteiger partial charge in [-0.1, -0.05) is 0 Å². The van der Waals surface area contributed by atoms with Crippen LogP contribution < -0.4 is 15.2 Å². The molecule has 1 aromatic carbocycles. The average molecular weight is 311 g/mol. The largest absolute Gasteiger partial charge is 0.496 e. The van der Waals surface area contributed by atoms with Gasteiger partial charge in [0.1, 0.15) is 11.5 Å². The number of hydrogen-bond acceptors (Lipinski definition) is 5. The zero-order chi connectivity index (χ0) is 15.6. The topological polar surface area (TPSA) is 78.6 Å². The Bertz CT molecular complexity index is 587. The van der Waals surface area contributed by atoms with Crippen molar-refractivity contribution in [2.45, 2.75) is 24.8 Å². The van der Waals surface area contributed by atoms with Crippen LogP contribution in [0.3, 0.4) is 0 Å². The first-order valence-corrected chi connectivity index (χ1v) is 8.49. The summed E-state index contributed by atoms with van der Waals surface area (Å²) in [6.07, 6.45) is 3.08. The quantitative estimate of drug-likeness (QED) is 0.871. The lowest BCUT2D eigenvalue weighted by atomic mass is 9.76. The van der Waals surface area contributed by atoms with Gasteiger partial charge in [-0.25, -0.2) is 0 Å². The third kappa shape index (κ3) is 3.11. The van der Waals surface area contributed by atoms with Gasteiger partial charge in [0.2, 0.25) is 0 Å². The van der Waals surface area contributed by atoms with E-state index >= 15 is 0 Å². The minimum atomic E-state index is -1.18. The second kappa shape index (κ2) is 6.15. The monoisotopic (exact) mass is 311 g/mol. The van der Waals surface area contributed by atoms with Gasteiger partial charge in [-0.2, -0.15) is 0 Å². The number of ether oxygens (including phenoxy) is 2. The summed E-state index contributed by atoms with van der Waals surface area (Å²) < 4.78 is 22.1. The van der Waals surface area contributed by atoms with Crippen LogP contribution in [-0.4, -0.2) is 41.8 Å². The van der Waals surface area contributed by atoms with Crippen LogP contribution in [0, 0.1) is 0 Å². The average Bonchev–Trinajstić information content (AvgIpc) is 2.45. The number of ketones is 1. The molecule has 0 unspecified atom stereocenters. The van der Waals surface area contributed by atoms with E-state index in [1.807, 2.05) is 12.1 Å². The number of nitrogens with two attached hydrogens (primary N) is 1. The van der Waals surface area contributed by atoms with Crippen LogP contribution in [-0.2, 0) is 28.4 Å². The zero-order valence-electron chi connectivity index (χ0n) is 12.6. The molecule has 5 nitrogen and oxygen atoms in total. The molecule has 0 saturated heterocycles. The van der Waals surface area contributed by atoms with Crippen molar-refractivity contribution in [3.05, 3.63) is 23.3 Å². The van der Waals surface area contributed by atoms with Crippen molar-refractivity contribution in [1.29, 1.82) is 0 Å². The summed E-state index contributed by atoms with van der Waals surface area (Å²) >= 11 is 0. The van der Waals surface area contributed by atoms with Gasteiger partial charge in [-0.3, -0.25) is 9.00 Å². The van der Waals surface area contributed by atoms with Crippen molar-refractivity contribution in [3.8, 4) is 11.5 Å². The highest BCUT2D eigenvalue weighted by Gasteiger charge is 2.39. The summed E-state index contributed by atoms with van der Waals surface area (Å²) in [7, 11) is 2.04. The predicted octanol–water partition coefficient (Wildman–Crippen LogP) is 0.838. The molecule has 0 bridgehead atoms. The molecule has 6 heteroatoms. The fourth-order valence-corrected chi connectivity index (χ4v) is 3.48. The Morgan fingerprint density at radius 3 is 2.38 bits per heavy atom. The van der Waals surface area contributed by atoms with Gasteiger partial charge in [0.25, 0.3) is 0 Å². The second-order valence-corrected chi connectivity index (χ2v) is 6.84. The molecule has 0 saturated carbocycles. The van der Waals surface area contributed by atoms with Gasteiger partial charge in [-0.15, -0.1) is 0 Å². The molecule has 116 valence electrons. The van der Waals surface area contributed by atoms with E-state index in [9.17, 15) is 9.00 Å². The zero-order valence-corrected chi connectivity index (χ0v) is 13.4. The number of Topliss-reactive ketones (excluding diaryl/α,β-unsaturated/α-hetero) is 1. The van der Waals surface area contributed by atoms with Crippen LogP contribution in [0.4, 0.5) is 0 Å². The molecule has 2 rings (SSSR count). The molecule has 0 fully saturated rings. The Kier molecular flexibility index (Phi) is 4.68. The third-order valence-electron chi connectivity index (χ3n) is 3.99. The SMILES string of the molecule is COc1ccc(OC)c2c1CC[C@](N)(C(=O)C[S@@](C)=O)C2. The molecule has 1 aromatic rings. The van der Waals surface area contributed by atoms with Crippen LogP contribution in [0.5, 0.6) is 11.5 Å². The fourth-order valence-electron chi connectivity index (χ4n) is 2.82. The Hall–Kier alpha value is -1.40. The van der Waals surface area contributed by atoms with E-state index in [1.54, 1.807) is 14.2 Å². The van der Waals surface area contributed by atoms with Gasteiger partial charge in [0.15, 0.2) is 5.78 Å². The molecule has 2 N–H and O–H groups in total. The Labute approximate surface area is 127 Å². The molecule has 2 atom stereocenters. The number of carbonyl (C=O) groups excluding carboxylic acids is 1. The number of benzene rings is 1. The summed E-state index contributed by atoms with van der Waals surface area (Å²) in [5.41, 5.74) is 7.29. The fraction of sp³-hybridized carbons (Fsp3) is 0.533. The molecule has 0 radical (unpaired) electrons. The lowest BCUT2D eigenvalue weighted by Crippen LogP contribution is -2.53. The van der Waals surface area contributed by atoms with Crippen molar-refractivity contribution in [2.24, 2.45) is 5.73 Å². The molecule has 0 aromatic heterocycles. The van der Waals surface area contributed by atoms with E-state index in [-0.39, 0.29) is 11.5 Å². The summed E-state index contributed by atoms with van der Waals surface area (Å²) in [5, 5.41) is 0. The van der Waals surface area contributed by atoms with E-state index in [0.717, 1.165) is 16.9 Å². The lowest BCUT2D eigenvalue weighted by molar-refractivity contribution is -0.122. The van der Waals surface area contributed by atoms with E-state index in [0.29, 0.717) is 25.0 Å². The number of rotatable bonds is 5. The summed E-state index contributed by atoms with van der Waals surface area (Å²) in [6, 6.07) is 3.69. The highest BCUT2D eigenvalue weighted by molar-refractivity contribution is 7.85. The Morgan fingerprint density at radius 1 is 1.29 bits per heavy atom. The third-order valence-corrected chi connectivity index (χ3v) is 4.66. The summed E-state index contributed by atoms with van der Waals surface area (Å²) in [5.74, 6) is 1.35. The van der Waals surface area contributed by atoms with E-state index in [1.165, 1.54) is 6.26 Å². The second-order valence-electron chi connectivity index (χ2n) is 5.40. The van der Waals surface area contributed by atoms with Crippen molar-refractivity contribution in [2.75, 3.05) is 26.2 Å². The molecule has 0 spiro atoms. The highest BCUT2D eigenvalue weighted by atomic mass is 32.2. The van der Waals surface area contributed by atoms with Crippen LogP contribution in [0.25, 0.3) is 0 Å². The lowest BCUT2D eigenvalue weighted by Gasteiger charge is -2.34. The predicted molar refractivity (Wildman–Crippen MR) is 82.4 cm³/mol. The maximum Gasteiger partial charge on any atom is 0.165 e. The molecule has 0 aliphatic heterocycles.